The summed E-state index contributed by atoms with van der Waals surface area (Å²) in [5, 5.41) is 16.2. The smallest absolute Gasteiger partial charge is 0.165 e. The molecule has 2 unspecified atom stereocenters. The molecule has 0 aromatic carbocycles. The van der Waals surface area contributed by atoms with Crippen molar-refractivity contribution in [3.63, 3.8) is 0 Å². The molecule has 0 aliphatic heterocycles. The SMILES string of the molecule is CCNCc1nnnn1C1CCCC(SC)C1. The van der Waals surface area contributed by atoms with Gasteiger partial charge in [0.15, 0.2) is 5.82 Å². The first-order valence-corrected chi connectivity index (χ1v) is 7.64. The number of nitrogens with zero attached hydrogens (tertiary/aromatic N) is 4. The summed E-state index contributed by atoms with van der Waals surface area (Å²) in [4.78, 5) is 0. The molecule has 0 radical (unpaired) electrons. The van der Waals surface area contributed by atoms with Crippen molar-refractivity contribution in [1.82, 2.24) is 25.5 Å². The van der Waals surface area contributed by atoms with E-state index in [1.54, 1.807) is 0 Å². The van der Waals surface area contributed by atoms with Crippen molar-refractivity contribution in [2.45, 2.75) is 50.4 Å². The van der Waals surface area contributed by atoms with E-state index < -0.39 is 0 Å². The predicted molar refractivity (Wildman–Crippen MR) is 70.0 cm³/mol. The van der Waals surface area contributed by atoms with Gasteiger partial charge < -0.3 is 5.32 Å². The topological polar surface area (TPSA) is 55.6 Å². The number of hydrogen-bond donors (Lipinski definition) is 1. The van der Waals surface area contributed by atoms with Crippen LogP contribution < -0.4 is 5.32 Å². The summed E-state index contributed by atoms with van der Waals surface area (Å²) in [6, 6.07) is 0.491. The Morgan fingerprint density at radius 1 is 1.47 bits per heavy atom. The minimum atomic E-state index is 0.491. The molecule has 1 aromatic heterocycles. The van der Waals surface area contributed by atoms with Crippen LogP contribution in [0.1, 0.15) is 44.5 Å². The third-order valence-electron chi connectivity index (χ3n) is 3.37. The van der Waals surface area contributed by atoms with E-state index in [0.717, 1.165) is 24.2 Å². The van der Waals surface area contributed by atoms with Gasteiger partial charge >= 0.3 is 0 Å². The van der Waals surface area contributed by atoms with Crippen molar-refractivity contribution in [3.05, 3.63) is 5.82 Å². The van der Waals surface area contributed by atoms with E-state index in [1.165, 1.54) is 25.7 Å². The van der Waals surface area contributed by atoms with Crippen molar-refractivity contribution < 1.29 is 0 Å². The van der Waals surface area contributed by atoms with Gasteiger partial charge in [0.25, 0.3) is 0 Å². The maximum Gasteiger partial charge on any atom is 0.165 e. The first-order chi connectivity index (χ1) is 8.35. The Labute approximate surface area is 107 Å². The molecule has 96 valence electrons. The average Bonchev–Trinajstić information content (AvgIpc) is 2.84. The van der Waals surface area contributed by atoms with E-state index in [9.17, 15) is 0 Å². The summed E-state index contributed by atoms with van der Waals surface area (Å²) in [5.74, 6) is 0.971. The van der Waals surface area contributed by atoms with Crippen LogP contribution in [0.15, 0.2) is 0 Å². The fourth-order valence-corrected chi connectivity index (χ4v) is 3.22. The molecule has 1 aromatic rings. The zero-order valence-corrected chi connectivity index (χ0v) is 11.4. The lowest BCUT2D eigenvalue weighted by atomic mass is 9.95. The monoisotopic (exact) mass is 255 g/mol. The summed E-state index contributed by atoms with van der Waals surface area (Å²) in [6.45, 7) is 3.81. The molecule has 1 heterocycles. The zero-order valence-electron chi connectivity index (χ0n) is 10.6. The van der Waals surface area contributed by atoms with Gasteiger partial charge in [0.1, 0.15) is 0 Å². The molecule has 5 nitrogen and oxygen atoms in total. The van der Waals surface area contributed by atoms with Gasteiger partial charge in [-0.3, -0.25) is 0 Å². The van der Waals surface area contributed by atoms with Crippen LogP contribution in [0.4, 0.5) is 0 Å². The molecule has 1 saturated carbocycles. The van der Waals surface area contributed by atoms with Crippen molar-refractivity contribution >= 4 is 11.8 Å². The molecule has 1 aliphatic rings. The standard InChI is InChI=1S/C11H21N5S/c1-3-12-8-11-13-14-15-16(11)9-5-4-6-10(7-9)17-2/h9-10,12H,3-8H2,1-2H3. The zero-order chi connectivity index (χ0) is 12.1. The molecular formula is C11H21N5S. The van der Waals surface area contributed by atoms with Crippen LogP contribution in [0.5, 0.6) is 0 Å². The van der Waals surface area contributed by atoms with Crippen LogP contribution >= 0.6 is 11.8 Å². The molecule has 0 spiro atoms. The molecule has 1 aliphatic carbocycles. The average molecular weight is 255 g/mol. The lowest BCUT2D eigenvalue weighted by molar-refractivity contribution is 0.321. The second-order valence-corrected chi connectivity index (χ2v) is 5.64. The number of rotatable bonds is 5. The molecule has 2 rings (SSSR count). The van der Waals surface area contributed by atoms with E-state index in [0.29, 0.717) is 6.04 Å². The number of aromatic nitrogens is 4. The van der Waals surface area contributed by atoms with Crippen LogP contribution in [-0.4, -0.2) is 38.3 Å². The summed E-state index contributed by atoms with van der Waals surface area (Å²) < 4.78 is 2.03. The molecular weight excluding hydrogens is 234 g/mol. The van der Waals surface area contributed by atoms with Crippen LogP contribution in [0.3, 0.4) is 0 Å². The van der Waals surface area contributed by atoms with Crippen LogP contribution in [0, 0.1) is 0 Å². The molecule has 17 heavy (non-hydrogen) atoms. The van der Waals surface area contributed by atoms with Crippen LogP contribution in [0.25, 0.3) is 0 Å². The highest BCUT2D eigenvalue weighted by Gasteiger charge is 2.25. The Kier molecular flexibility index (Phi) is 4.79. The van der Waals surface area contributed by atoms with Crippen molar-refractivity contribution in [3.8, 4) is 0 Å². The van der Waals surface area contributed by atoms with E-state index in [-0.39, 0.29) is 0 Å². The van der Waals surface area contributed by atoms with Crippen LogP contribution in [-0.2, 0) is 6.54 Å². The van der Waals surface area contributed by atoms with Gasteiger partial charge in [-0.2, -0.15) is 11.8 Å². The quantitative estimate of drug-likeness (QED) is 0.866. The number of hydrogen-bond acceptors (Lipinski definition) is 5. The molecule has 1 N–H and O–H groups in total. The van der Waals surface area contributed by atoms with Crippen LogP contribution in [0.2, 0.25) is 0 Å². The van der Waals surface area contributed by atoms with Gasteiger partial charge in [-0.1, -0.05) is 13.3 Å². The van der Waals surface area contributed by atoms with Gasteiger partial charge in [0, 0.05) is 5.25 Å². The second kappa shape index (κ2) is 6.35. The Balaban J connectivity index is 2.02. The Hall–Kier alpha value is -0.620. The Bertz CT molecular complexity index is 340. The molecule has 0 saturated heterocycles. The number of thioether (sulfide) groups is 1. The maximum absolute atomic E-state index is 4.17. The largest absolute Gasteiger partial charge is 0.310 e. The first-order valence-electron chi connectivity index (χ1n) is 6.35. The van der Waals surface area contributed by atoms with Gasteiger partial charge in [-0.05, 0) is 42.5 Å². The fourth-order valence-electron chi connectivity index (χ4n) is 2.41. The van der Waals surface area contributed by atoms with Gasteiger partial charge in [0.2, 0.25) is 0 Å². The first kappa shape index (κ1) is 12.8. The maximum atomic E-state index is 4.17. The van der Waals surface area contributed by atoms with E-state index in [4.69, 9.17) is 0 Å². The Morgan fingerprint density at radius 3 is 3.12 bits per heavy atom. The number of tetrazole rings is 1. The lowest BCUT2D eigenvalue weighted by Gasteiger charge is -2.28. The van der Waals surface area contributed by atoms with Crippen molar-refractivity contribution in [2.24, 2.45) is 0 Å². The third-order valence-corrected chi connectivity index (χ3v) is 4.47. The molecule has 1 fully saturated rings. The minimum Gasteiger partial charge on any atom is -0.310 e. The fraction of sp³-hybridized carbons (Fsp3) is 0.909. The normalized spacial score (nSPS) is 25.1. The Morgan fingerprint density at radius 2 is 2.35 bits per heavy atom. The van der Waals surface area contributed by atoms with Crippen molar-refractivity contribution in [2.75, 3.05) is 12.8 Å². The second-order valence-electron chi connectivity index (χ2n) is 4.50. The van der Waals surface area contributed by atoms with E-state index >= 15 is 0 Å². The highest BCUT2D eigenvalue weighted by Crippen LogP contribution is 2.33. The highest BCUT2D eigenvalue weighted by atomic mass is 32.2. The van der Waals surface area contributed by atoms with Crippen molar-refractivity contribution in [1.29, 1.82) is 0 Å². The van der Waals surface area contributed by atoms with E-state index in [2.05, 4.69) is 34.0 Å². The highest BCUT2D eigenvalue weighted by molar-refractivity contribution is 7.99. The summed E-state index contributed by atoms with van der Waals surface area (Å²) in [6.07, 6.45) is 7.23. The molecule has 0 amide bonds. The van der Waals surface area contributed by atoms with Gasteiger partial charge in [-0.15, -0.1) is 5.10 Å². The molecule has 6 heteroatoms. The predicted octanol–water partition coefficient (Wildman–Crippen LogP) is 1.63. The number of nitrogens with one attached hydrogen (secondary N) is 1. The third kappa shape index (κ3) is 3.19. The molecule has 2 atom stereocenters. The molecule has 0 bridgehead atoms. The summed E-state index contributed by atoms with van der Waals surface area (Å²) in [5.41, 5.74) is 0. The van der Waals surface area contributed by atoms with Gasteiger partial charge in [-0.25, -0.2) is 4.68 Å². The minimum absolute atomic E-state index is 0.491. The van der Waals surface area contributed by atoms with Gasteiger partial charge in [0.05, 0.1) is 12.6 Å². The van der Waals surface area contributed by atoms with E-state index in [1.807, 2.05) is 16.4 Å². The summed E-state index contributed by atoms with van der Waals surface area (Å²) in [7, 11) is 0. The summed E-state index contributed by atoms with van der Waals surface area (Å²) >= 11 is 1.97. The lowest BCUT2D eigenvalue weighted by Crippen LogP contribution is -2.25.